The summed E-state index contributed by atoms with van der Waals surface area (Å²) in [5, 5.41) is 2.08. The molecule has 0 N–H and O–H groups in total. The lowest BCUT2D eigenvalue weighted by Crippen LogP contribution is -2.00. The summed E-state index contributed by atoms with van der Waals surface area (Å²) in [6.07, 6.45) is 0. The number of hydrogen-bond acceptors (Lipinski definition) is 6. The predicted octanol–water partition coefficient (Wildman–Crippen LogP) is 16.2. The molecule has 0 unspecified atom stereocenters. The second-order valence-corrected chi connectivity index (χ2v) is 17.9. The molecule has 0 aliphatic rings. The summed E-state index contributed by atoms with van der Waals surface area (Å²) in [5.41, 5.74) is 15.0. The van der Waals surface area contributed by atoms with Crippen LogP contribution in [-0.2, 0) is 0 Å². The average Bonchev–Trinajstić information content (AvgIpc) is 3.83. The van der Waals surface area contributed by atoms with Crippen LogP contribution >= 0.6 is 0 Å². The number of benzene rings is 10. The normalized spacial score (nSPS) is 11.3. The summed E-state index contributed by atoms with van der Waals surface area (Å²) in [5.74, 6) is 3.59. The molecule has 0 fully saturated rings. The van der Waals surface area contributed by atoms with Crippen molar-refractivity contribution in [2.24, 2.45) is 0 Å². The summed E-state index contributed by atoms with van der Waals surface area (Å²) < 4.78 is 2.40. The van der Waals surface area contributed by atoms with Crippen LogP contribution in [0.15, 0.2) is 261 Å². The van der Waals surface area contributed by atoms with Gasteiger partial charge in [-0.05, 0) is 69.8 Å². The van der Waals surface area contributed by atoms with Crippen LogP contribution in [0.1, 0.15) is 0 Å². The smallest absolute Gasteiger partial charge is 0.164 e. The van der Waals surface area contributed by atoms with Gasteiger partial charge in [0.1, 0.15) is 0 Å². The lowest BCUT2D eigenvalue weighted by Gasteiger charge is -2.14. The van der Waals surface area contributed by atoms with Gasteiger partial charge in [-0.2, -0.15) is 0 Å². The van der Waals surface area contributed by atoms with Gasteiger partial charge in [-0.15, -0.1) is 0 Å². The van der Waals surface area contributed by atoms with E-state index in [9.17, 15) is 0 Å². The molecular weight excluding hydrogens is 891 g/mol. The molecule has 0 radical (unpaired) electrons. The molecule has 0 saturated carbocycles. The summed E-state index contributed by atoms with van der Waals surface area (Å²) in [7, 11) is 0. The number of nitrogens with zero attached hydrogens (tertiary/aromatic N) is 7. The van der Waals surface area contributed by atoms with Gasteiger partial charge in [-0.25, -0.2) is 29.9 Å². The highest BCUT2D eigenvalue weighted by atomic mass is 15.0. The van der Waals surface area contributed by atoms with Crippen molar-refractivity contribution in [2.45, 2.75) is 0 Å². The van der Waals surface area contributed by atoms with E-state index in [0.717, 1.165) is 94.3 Å². The maximum atomic E-state index is 5.31. The Morgan fingerprint density at radius 1 is 0.205 bits per heavy atom. The van der Waals surface area contributed by atoms with Gasteiger partial charge in [0.2, 0.25) is 0 Å². The van der Waals surface area contributed by atoms with Gasteiger partial charge < -0.3 is 4.57 Å². The molecule has 3 heterocycles. The van der Waals surface area contributed by atoms with Gasteiger partial charge in [-0.3, -0.25) is 0 Å². The highest BCUT2D eigenvalue weighted by Gasteiger charge is 2.23. The fourth-order valence-corrected chi connectivity index (χ4v) is 9.84. The first-order valence-electron chi connectivity index (χ1n) is 24.4. The van der Waals surface area contributed by atoms with Crippen molar-refractivity contribution >= 4 is 21.8 Å². The quantitative estimate of drug-likeness (QED) is 0.136. The molecule has 342 valence electrons. The largest absolute Gasteiger partial charge is 0.309 e. The Morgan fingerprint density at radius 3 is 0.932 bits per heavy atom. The SMILES string of the molecule is c1ccc(-c2cc(-c3ccccc3)cc(-n3c4cccc(-c5cccc(-c6nc(-c7ccccc7)nc(-c7ccccc7)n6)c5)c4c4c(-c5nc(-c6ccccc6)nc(-c6ccccc6)n5)cccc43)c2)cc1. The van der Waals surface area contributed by atoms with Crippen LogP contribution in [0.25, 0.3) is 129 Å². The molecule has 7 nitrogen and oxygen atoms in total. The number of hydrogen-bond donors (Lipinski definition) is 0. The van der Waals surface area contributed by atoms with E-state index in [1.807, 2.05) is 121 Å². The van der Waals surface area contributed by atoms with E-state index in [2.05, 4.69) is 144 Å². The summed E-state index contributed by atoms with van der Waals surface area (Å²) >= 11 is 0. The molecule has 0 aliphatic carbocycles. The fraction of sp³-hybridized carbons (Fsp3) is 0. The highest BCUT2D eigenvalue weighted by Crippen LogP contribution is 2.44. The molecule has 7 heteroatoms. The Balaban J connectivity index is 1.09. The van der Waals surface area contributed by atoms with E-state index < -0.39 is 0 Å². The maximum Gasteiger partial charge on any atom is 0.164 e. The standard InChI is InChI=1S/C66H43N7/c1-7-22-44(23-8-1)52-41-53(45-24-9-2-10-25-45)43-54(42-52)73-57-38-20-36-55(50-34-19-35-51(40-50)65-69-61(46-26-11-3-12-27-46)67-62(70-65)47-28-13-4-14-29-47)59(57)60-56(37-21-39-58(60)73)66-71-63(48-30-15-5-16-31-48)68-64(72-66)49-32-17-6-18-33-49/h1-43H. The third-order valence-electron chi connectivity index (χ3n) is 13.3. The molecule has 0 amide bonds. The fourth-order valence-electron chi connectivity index (χ4n) is 9.84. The molecule has 10 aromatic carbocycles. The topological polar surface area (TPSA) is 82.3 Å². The van der Waals surface area contributed by atoms with Gasteiger partial charge in [0, 0.05) is 49.8 Å². The Bertz CT molecular complexity index is 3930. The first-order valence-corrected chi connectivity index (χ1v) is 24.4. The molecule has 3 aromatic heterocycles. The number of fused-ring (bicyclic) bond motifs is 3. The molecule has 73 heavy (non-hydrogen) atoms. The Morgan fingerprint density at radius 2 is 0.507 bits per heavy atom. The molecule has 0 aliphatic heterocycles. The van der Waals surface area contributed by atoms with Crippen LogP contribution in [0.3, 0.4) is 0 Å². The van der Waals surface area contributed by atoms with Crippen LogP contribution in [-0.4, -0.2) is 34.5 Å². The lowest BCUT2D eigenvalue weighted by atomic mass is 9.96. The van der Waals surface area contributed by atoms with Crippen LogP contribution in [0.4, 0.5) is 0 Å². The molecule has 13 aromatic rings. The number of aromatic nitrogens is 7. The molecule has 13 rings (SSSR count). The summed E-state index contributed by atoms with van der Waals surface area (Å²) in [6, 6.07) is 90.3. The predicted molar refractivity (Wildman–Crippen MR) is 296 cm³/mol. The average molecular weight is 934 g/mol. The minimum absolute atomic E-state index is 0.580. The zero-order valence-electron chi connectivity index (χ0n) is 39.5. The van der Waals surface area contributed by atoms with E-state index in [1.54, 1.807) is 0 Å². The highest BCUT2D eigenvalue weighted by molar-refractivity contribution is 6.20. The van der Waals surface area contributed by atoms with Crippen molar-refractivity contribution in [3.8, 4) is 107 Å². The van der Waals surface area contributed by atoms with Gasteiger partial charge in [-0.1, -0.05) is 224 Å². The van der Waals surface area contributed by atoms with E-state index in [1.165, 1.54) is 0 Å². The van der Waals surface area contributed by atoms with Crippen molar-refractivity contribution in [1.29, 1.82) is 0 Å². The molecule has 0 saturated heterocycles. The first kappa shape index (κ1) is 43.1. The second-order valence-electron chi connectivity index (χ2n) is 17.9. The summed E-state index contributed by atoms with van der Waals surface area (Å²) in [4.78, 5) is 31.0. The maximum absolute atomic E-state index is 5.31. The van der Waals surface area contributed by atoms with Gasteiger partial charge in [0.25, 0.3) is 0 Å². The zero-order valence-corrected chi connectivity index (χ0v) is 39.5. The Kier molecular flexibility index (Phi) is 11.1. The first-order chi connectivity index (χ1) is 36.2. The van der Waals surface area contributed by atoms with E-state index in [0.29, 0.717) is 34.9 Å². The number of rotatable bonds is 10. The molecule has 0 atom stereocenters. The zero-order chi connectivity index (χ0) is 48.5. The van der Waals surface area contributed by atoms with E-state index in [4.69, 9.17) is 29.9 Å². The van der Waals surface area contributed by atoms with Gasteiger partial charge in [0.05, 0.1) is 11.0 Å². The molecule has 0 spiro atoms. The van der Waals surface area contributed by atoms with Crippen LogP contribution in [0, 0.1) is 0 Å². The van der Waals surface area contributed by atoms with Crippen molar-refractivity contribution in [1.82, 2.24) is 34.5 Å². The van der Waals surface area contributed by atoms with Crippen molar-refractivity contribution in [3.63, 3.8) is 0 Å². The Labute approximate surface area is 422 Å². The third kappa shape index (κ3) is 8.30. The summed E-state index contributed by atoms with van der Waals surface area (Å²) in [6.45, 7) is 0. The minimum Gasteiger partial charge on any atom is -0.309 e. The molecule has 0 bridgehead atoms. The third-order valence-corrected chi connectivity index (χ3v) is 13.3. The molecular formula is C66H43N7. The van der Waals surface area contributed by atoms with E-state index in [-0.39, 0.29) is 0 Å². The van der Waals surface area contributed by atoms with Crippen molar-refractivity contribution < 1.29 is 0 Å². The van der Waals surface area contributed by atoms with Crippen molar-refractivity contribution in [3.05, 3.63) is 261 Å². The Hall–Kier alpha value is -9.98. The lowest BCUT2D eigenvalue weighted by molar-refractivity contribution is 1.07. The van der Waals surface area contributed by atoms with Crippen LogP contribution in [0.5, 0.6) is 0 Å². The van der Waals surface area contributed by atoms with E-state index >= 15 is 0 Å². The monoisotopic (exact) mass is 933 g/mol. The van der Waals surface area contributed by atoms with Crippen LogP contribution < -0.4 is 0 Å². The van der Waals surface area contributed by atoms with Crippen molar-refractivity contribution in [2.75, 3.05) is 0 Å². The minimum atomic E-state index is 0.580. The second kappa shape index (κ2) is 18.7. The van der Waals surface area contributed by atoms with Crippen LogP contribution in [0.2, 0.25) is 0 Å². The van der Waals surface area contributed by atoms with Gasteiger partial charge >= 0.3 is 0 Å². The van der Waals surface area contributed by atoms with Gasteiger partial charge in [0.15, 0.2) is 34.9 Å².